The van der Waals surface area contributed by atoms with E-state index in [0.29, 0.717) is 37.3 Å². The molecule has 3 rings (SSSR count). The number of amides is 1. The first-order valence-electron chi connectivity index (χ1n) is 8.88. The number of ether oxygens (including phenoxy) is 1. The largest absolute Gasteiger partial charge is 0.497 e. The predicted octanol–water partition coefficient (Wildman–Crippen LogP) is 1.14. The Balaban J connectivity index is 1.77. The van der Waals surface area contributed by atoms with Gasteiger partial charge in [-0.3, -0.25) is 9.59 Å². The molecule has 2 aromatic rings. The average Bonchev–Trinajstić information content (AvgIpc) is 3.29. The zero-order valence-electron chi connectivity index (χ0n) is 15.3. The van der Waals surface area contributed by atoms with Crippen LogP contribution in [0, 0.1) is 12.8 Å². The Kier molecular flexibility index (Phi) is 5.68. The monoisotopic (exact) mass is 373 g/mol. The Labute approximate surface area is 156 Å². The summed E-state index contributed by atoms with van der Waals surface area (Å²) in [5.74, 6) is -0.185. The van der Waals surface area contributed by atoms with E-state index in [1.807, 2.05) is 24.3 Å². The molecule has 144 valence electrons. The third-order valence-corrected chi connectivity index (χ3v) is 4.95. The van der Waals surface area contributed by atoms with E-state index in [2.05, 4.69) is 20.8 Å². The van der Waals surface area contributed by atoms with Crippen molar-refractivity contribution in [2.24, 2.45) is 5.92 Å². The highest BCUT2D eigenvalue weighted by Gasteiger charge is 2.33. The Morgan fingerprint density at radius 3 is 2.85 bits per heavy atom. The molecule has 9 nitrogen and oxygen atoms in total. The van der Waals surface area contributed by atoms with E-state index in [4.69, 9.17) is 9.84 Å². The van der Waals surface area contributed by atoms with Crippen molar-refractivity contribution in [2.75, 3.05) is 7.11 Å². The molecular formula is C18H23N5O4. The number of hydrogen-bond acceptors (Lipinski definition) is 6. The van der Waals surface area contributed by atoms with Crippen LogP contribution in [0.25, 0.3) is 0 Å². The zero-order valence-corrected chi connectivity index (χ0v) is 15.3. The summed E-state index contributed by atoms with van der Waals surface area (Å²) in [6, 6.07) is 6.71. The minimum absolute atomic E-state index is 0.150. The second-order valence-electron chi connectivity index (χ2n) is 6.80. The lowest BCUT2D eigenvalue weighted by Gasteiger charge is -2.20. The van der Waals surface area contributed by atoms with E-state index in [1.54, 1.807) is 14.0 Å². The summed E-state index contributed by atoms with van der Waals surface area (Å²) in [6.45, 7) is 1.74. The summed E-state index contributed by atoms with van der Waals surface area (Å²) in [7, 11) is 1.59. The molecule has 1 saturated carbocycles. The van der Waals surface area contributed by atoms with Crippen LogP contribution in [0.4, 0.5) is 0 Å². The molecule has 1 fully saturated rings. The van der Waals surface area contributed by atoms with Gasteiger partial charge in [-0.15, -0.1) is 5.10 Å². The molecular weight excluding hydrogens is 350 g/mol. The van der Waals surface area contributed by atoms with Crippen molar-refractivity contribution in [3.63, 3.8) is 0 Å². The van der Waals surface area contributed by atoms with Crippen molar-refractivity contribution in [3.8, 4) is 5.75 Å². The fourth-order valence-electron chi connectivity index (χ4n) is 3.47. The van der Waals surface area contributed by atoms with Crippen LogP contribution in [0.5, 0.6) is 5.75 Å². The molecule has 3 atom stereocenters. The first kappa shape index (κ1) is 18.8. The van der Waals surface area contributed by atoms with Crippen LogP contribution in [0.2, 0.25) is 0 Å². The molecule has 0 bridgehead atoms. The quantitative estimate of drug-likeness (QED) is 0.747. The number of tetrazole rings is 1. The SMILES string of the molecule is COc1cccc(CC(C(=O)N[C@H]2CC[C@@H](C(=O)O)C2)n2nnnc2C)c1. The predicted molar refractivity (Wildman–Crippen MR) is 95.2 cm³/mol. The number of aliphatic carboxylic acids is 1. The number of methoxy groups -OCH3 is 1. The van der Waals surface area contributed by atoms with Crippen molar-refractivity contribution in [1.29, 1.82) is 0 Å². The molecule has 1 unspecified atom stereocenters. The van der Waals surface area contributed by atoms with Crippen molar-refractivity contribution >= 4 is 11.9 Å². The number of hydrogen-bond donors (Lipinski definition) is 2. The van der Waals surface area contributed by atoms with Crippen LogP contribution < -0.4 is 10.1 Å². The van der Waals surface area contributed by atoms with E-state index in [9.17, 15) is 9.59 Å². The first-order chi connectivity index (χ1) is 13.0. The number of nitrogens with one attached hydrogen (secondary N) is 1. The molecule has 0 radical (unpaired) electrons. The van der Waals surface area contributed by atoms with Gasteiger partial charge in [-0.05, 0) is 54.3 Å². The summed E-state index contributed by atoms with van der Waals surface area (Å²) in [4.78, 5) is 24.1. The lowest BCUT2D eigenvalue weighted by Crippen LogP contribution is -2.40. The lowest BCUT2D eigenvalue weighted by molar-refractivity contribution is -0.141. The number of carboxylic acid groups (broad SMARTS) is 1. The lowest BCUT2D eigenvalue weighted by atomic mass is 10.0. The topological polar surface area (TPSA) is 119 Å². The molecule has 1 heterocycles. The van der Waals surface area contributed by atoms with Crippen molar-refractivity contribution in [1.82, 2.24) is 25.5 Å². The van der Waals surface area contributed by atoms with Gasteiger partial charge < -0.3 is 15.2 Å². The van der Waals surface area contributed by atoms with Crippen LogP contribution in [0.3, 0.4) is 0 Å². The fraction of sp³-hybridized carbons (Fsp3) is 0.500. The molecule has 9 heteroatoms. The van der Waals surface area contributed by atoms with Gasteiger partial charge in [-0.2, -0.15) is 0 Å². The smallest absolute Gasteiger partial charge is 0.306 e. The molecule has 1 amide bonds. The maximum Gasteiger partial charge on any atom is 0.306 e. The summed E-state index contributed by atoms with van der Waals surface area (Å²) >= 11 is 0. The molecule has 1 aromatic heterocycles. The van der Waals surface area contributed by atoms with Gasteiger partial charge in [0.05, 0.1) is 13.0 Å². The van der Waals surface area contributed by atoms with Crippen molar-refractivity contribution in [3.05, 3.63) is 35.7 Å². The van der Waals surface area contributed by atoms with E-state index < -0.39 is 17.9 Å². The van der Waals surface area contributed by atoms with Gasteiger partial charge in [-0.25, -0.2) is 4.68 Å². The minimum Gasteiger partial charge on any atom is -0.497 e. The van der Waals surface area contributed by atoms with E-state index in [1.165, 1.54) is 4.68 Å². The average molecular weight is 373 g/mol. The van der Waals surface area contributed by atoms with Crippen LogP contribution in [0.15, 0.2) is 24.3 Å². The second kappa shape index (κ2) is 8.15. The molecule has 27 heavy (non-hydrogen) atoms. The first-order valence-corrected chi connectivity index (χ1v) is 8.88. The highest BCUT2D eigenvalue weighted by Crippen LogP contribution is 2.27. The van der Waals surface area contributed by atoms with Gasteiger partial charge >= 0.3 is 5.97 Å². The van der Waals surface area contributed by atoms with E-state index in [-0.39, 0.29) is 11.9 Å². The highest BCUT2D eigenvalue weighted by molar-refractivity contribution is 5.81. The summed E-state index contributed by atoms with van der Waals surface area (Å²) in [6.07, 6.45) is 2.07. The normalized spacial score (nSPS) is 20.2. The molecule has 0 spiro atoms. The van der Waals surface area contributed by atoms with Crippen LogP contribution in [-0.4, -0.2) is 50.3 Å². The van der Waals surface area contributed by atoms with Crippen LogP contribution in [-0.2, 0) is 16.0 Å². The van der Waals surface area contributed by atoms with Gasteiger partial charge in [0.2, 0.25) is 5.91 Å². The number of carbonyl (C=O) groups is 2. The van der Waals surface area contributed by atoms with Crippen molar-refractivity contribution in [2.45, 2.75) is 44.7 Å². The Bertz CT molecular complexity index is 822. The van der Waals surface area contributed by atoms with Crippen LogP contribution in [0.1, 0.15) is 36.7 Å². The zero-order chi connectivity index (χ0) is 19.4. The number of carboxylic acids is 1. The standard InChI is InChI=1S/C18H23N5O4/c1-11-20-21-22-23(11)16(9-12-4-3-5-15(8-12)27-2)17(24)19-14-7-6-13(10-14)18(25)26/h3-5,8,13-14,16H,6-7,9-10H2,1-2H3,(H,19,24)(H,25,26)/t13-,14+,16?/m1/s1. The third kappa shape index (κ3) is 4.42. The van der Waals surface area contributed by atoms with Crippen molar-refractivity contribution < 1.29 is 19.4 Å². The van der Waals surface area contributed by atoms with Gasteiger partial charge in [0, 0.05) is 12.5 Å². The number of aromatic nitrogens is 4. The summed E-state index contributed by atoms with van der Waals surface area (Å²) < 4.78 is 6.75. The Morgan fingerprint density at radius 1 is 1.41 bits per heavy atom. The minimum atomic E-state index is -0.809. The highest BCUT2D eigenvalue weighted by atomic mass is 16.5. The number of nitrogens with zero attached hydrogens (tertiary/aromatic N) is 4. The number of carbonyl (C=O) groups excluding carboxylic acids is 1. The molecule has 0 saturated heterocycles. The van der Waals surface area contributed by atoms with E-state index >= 15 is 0 Å². The molecule has 1 aliphatic carbocycles. The summed E-state index contributed by atoms with van der Waals surface area (Å²) in [5.41, 5.74) is 0.916. The number of rotatable bonds is 7. The third-order valence-electron chi connectivity index (χ3n) is 4.95. The molecule has 1 aliphatic rings. The molecule has 1 aromatic carbocycles. The maximum absolute atomic E-state index is 13.0. The Morgan fingerprint density at radius 2 is 2.22 bits per heavy atom. The van der Waals surface area contributed by atoms with Crippen LogP contribution >= 0.6 is 0 Å². The van der Waals surface area contributed by atoms with Gasteiger partial charge in [0.15, 0.2) is 0 Å². The van der Waals surface area contributed by atoms with E-state index in [0.717, 1.165) is 5.56 Å². The molecule has 0 aliphatic heterocycles. The molecule has 2 N–H and O–H groups in total. The second-order valence-corrected chi connectivity index (χ2v) is 6.80. The number of aryl methyl sites for hydroxylation is 1. The van der Waals surface area contributed by atoms with Gasteiger partial charge in [-0.1, -0.05) is 12.1 Å². The van der Waals surface area contributed by atoms with Gasteiger partial charge in [0.1, 0.15) is 17.6 Å². The maximum atomic E-state index is 13.0. The fourth-order valence-corrected chi connectivity index (χ4v) is 3.47. The Hall–Kier alpha value is -2.97. The number of benzene rings is 1. The van der Waals surface area contributed by atoms with Gasteiger partial charge in [0.25, 0.3) is 0 Å². The summed E-state index contributed by atoms with van der Waals surface area (Å²) in [5, 5.41) is 23.6.